The first kappa shape index (κ1) is 19.5. The Morgan fingerprint density at radius 1 is 0.600 bits per heavy atom. The van der Waals surface area contributed by atoms with Gasteiger partial charge in [-0.2, -0.15) is 0 Å². The van der Waals surface area contributed by atoms with Gasteiger partial charge in [0.1, 0.15) is 0 Å². The van der Waals surface area contributed by atoms with E-state index in [0.29, 0.717) is 0 Å². The first-order valence-electron chi connectivity index (χ1n) is 9.00. The van der Waals surface area contributed by atoms with Crippen LogP contribution < -0.4 is 0 Å². The summed E-state index contributed by atoms with van der Waals surface area (Å²) in [5.74, 6) is 0. The van der Waals surface area contributed by atoms with Gasteiger partial charge < -0.3 is 0 Å². The van der Waals surface area contributed by atoms with Crippen LogP contribution in [0.5, 0.6) is 0 Å². The van der Waals surface area contributed by atoms with Gasteiger partial charge >= 0.3 is 141 Å². The molecule has 0 saturated carbocycles. The molecule has 0 amide bonds. The van der Waals surface area contributed by atoms with Crippen LogP contribution in [0.4, 0.5) is 0 Å². The van der Waals surface area contributed by atoms with Crippen molar-refractivity contribution in [1.29, 1.82) is 0 Å². The fourth-order valence-electron chi connectivity index (χ4n) is 3.06. The van der Waals surface area contributed by atoms with Crippen molar-refractivity contribution >= 4 is 19.8 Å². The van der Waals surface area contributed by atoms with Gasteiger partial charge in [0.2, 0.25) is 0 Å². The van der Waals surface area contributed by atoms with E-state index in [1.165, 1.54) is 30.0 Å². The molecule has 0 bridgehead atoms. The van der Waals surface area contributed by atoms with Crippen molar-refractivity contribution in [2.75, 3.05) is 0 Å². The van der Waals surface area contributed by atoms with Crippen molar-refractivity contribution in [3.63, 3.8) is 0 Å². The predicted molar refractivity (Wildman–Crippen MR) is 113 cm³/mol. The van der Waals surface area contributed by atoms with Crippen LogP contribution in [0.25, 0.3) is 0 Å². The minimum atomic E-state index is -1.70. The zero-order chi connectivity index (χ0) is 17.7. The molecule has 0 aliphatic carbocycles. The van der Waals surface area contributed by atoms with Gasteiger partial charge in [0, 0.05) is 0 Å². The van der Waals surface area contributed by atoms with Crippen LogP contribution in [-0.4, -0.2) is 19.8 Å². The third kappa shape index (κ3) is 7.74. The monoisotopic (exact) mass is 436 g/mol. The van der Waals surface area contributed by atoms with Crippen LogP contribution in [0.3, 0.4) is 0 Å². The SMILES string of the molecule is C=CC.c1ccc([CH2][SnH]([CH2]c2ccccc2)[CH2]c2ccccc2)cc1. The molecule has 128 valence electrons. The van der Waals surface area contributed by atoms with E-state index in [-0.39, 0.29) is 0 Å². The molecular formula is C24H28Sn. The van der Waals surface area contributed by atoms with Crippen molar-refractivity contribution in [1.82, 2.24) is 0 Å². The van der Waals surface area contributed by atoms with Crippen LogP contribution in [0.15, 0.2) is 104 Å². The molecule has 0 N–H and O–H groups in total. The molecular weight excluding hydrogens is 407 g/mol. The van der Waals surface area contributed by atoms with Gasteiger partial charge in [0.15, 0.2) is 0 Å². The maximum absolute atomic E-state index is 3.36. The van der Waals surface area contributed by atoms with Gasteiger partial charge in [-0.1, -0.05) is 6.08 Å². The fraction of sp³-hybridized carbons (Fsp3) is 0.167. The van der Waals surface area contributed by atoms with Crippen LogP contribution in [0, 0.1) is 0 Å². The van der Waals surface area contributed by atoms with Crippen molar-refractivity contribution in [2.24, 2.45) is 0 Å². The van der Waals surface area contributed by atoms with E-state index in [1.54, 1.807) is 6.08 Å². The molecule has 0 atom stereocenters. The summed E-state index contributed by atoms with van der Waals surface area (Å²) in [4.78, 5) is 0. The molecule has 0 radical (unpaired) electrons. The Morgan fingerprint density at radius 2 is 0.840 bits per heavy atom. The van der Waals surface area contributed by atoms with Gasteiger partial charge in [-0.05, 0) is 6.92 Å². The molecule has 0 aliphatic heterocycles. The second kappa shape index (κ2) is 11.7. The maximum atomic E-state index is 3.36. The van der Waals surface area contributed by atoms with Gasteiger partial charge in [0.25, 0.3) is 0 Å². The number of hydrogen-bond acceptors (Lipinski definition) is 0. The van der Waals surface area contributed by atoms with Crippen molar-refractivity contribution < 1.29 is 0 Å². The summed E-state index contributed by atoms with van der Waals surface area (Å²) in [6.07, 6.45) is 1.75. The topological polar surface area (TPSA) is 0 Å². The number of benzene rings is 3. The van der Waals surface area contributed by atoms with E-state index in [2.05, 4.69) is 97.6 Å². The Morgan fingerprint density at radius 3 is 1.08 bits per heavy atom. The normalized spacial score (nSPS) is 10.0. The molecule has 0 aromatic heterocycles. The van der Waals surface area contributed by atoms with Gasteiger partial charge in [0.05, 0.1) is 0 Å². The molecule has 0 saturated heterocycles. The Bertz CT molecular complexity index is 606. The number of allylic oxidation sites excluding steroid dienone is 1. The summed E-state index contributed by atoms with van der Waals surface area (Å²) >= 11 is -1.70. The predicted octanol–water partition coefficient (Wildman–Crippen LogP) is 5.75. The molecule has 0 unspecified atom stereocenters. The quantitative estimate of drug-likeness (QED) is 0.342. The summed E-state index contributed by atoms with van der Waals surface area (Å²) in [6, 6.07) is 33.1. The van der Waals surface area contributed by atoms with Gasteiger partial charge in [-0.25, -0.2) is 0 Å². The Balaban J connectivity index is 0.000000701. The van der Waals surface area contributed by atoms with E-state index < -0.39 is 19.8 Å². The number of hydrogen-bond donors (Lipinski definition) is 0. The van der Waals surface area contributed by atoms with Crippen molar-refractivity contribution in [3.05, 3.63) is 120 Å². The van der Waals surface area contributed by atoms with Crippen LogP contribution in [-0.2, 0) is 13.3 Å². The Hall–Kier alpha value is -1.80. The van der Waals surface area contributed by atoms with E-state index in [1.807, 2.05) is 6.92 Å². The molecule has 3 aromatic carbocycles. The Kier molecular flexibility index (Phi) is 9.14. The van der Waals surface area contributed by atoms with Gasteiger partial charge in [-0.3, -0.25) is 0 Å². The molecule has 0 nitrogen and oxygen atoms in total. The average molecular weight is 435 g/mol. The van der Waals surface area contributed by atoms with Crippen LogP contribution in [0.2, 0.25) is 0 Å². The van der Waals surface area contributed by atoms with Gasteiger partial charge in [-0.15, -0.1) is 6.58 Å². The molecule has 25 heavy (non-hydrogen) atoms. The molecule has 1 heteroatoms. The molecule has 0 aliphatic rings. The van der Waals surface area contributed by atoms with E-state index in [0.717, 1.165) is 0 Å². The first-order chi connectivity index (χ1) is 12.3. The molecule has 0 heterocycles. The third-order valence-corrected chi connectivity index (χ3v) is 13.1. The van der Waals surface area contributed by atoms with Crippen molar-refractivity contribution in [3.8, 4) is 0 Å². The zero-order valence-electron chi connectivity index (χ0n) is 15.1. The third-order valence-electron chi connectivity index (χ3n) is 4.10. The second-order valence-electron chi connectivity index (χ2n) is 6.34. The summed E-state index contributed by atoms with van der Waals surface area (Å²) in [5, 5.41) is 0. The zero-order valence-corrected chi connectivity index (χ0v) is 18.4. The van der Waals surface area contributed by atoms with E-state index in [4.69, 9.17) is 0 Å². The summed E-state index contributed by atoms with van der Waals surface area (Å²) in [6.45, 7) is 5.25. The van der Waals surface area contributed by atoms with E-state index >= 15 is 0 Å². The fourth-order valence-corrected chi connectivity index (χ4v) is 12.3. The molecule has 0 spiro atoms. The molecule has 3 aromatic rings. The Labute approximate surface area is 160 Å². The second-order valence-corrected chi connectivity index (χ2v) is 14.8. The molecule has 3 rings (SSSR count). The molecule has 0 fully saturated rings. The van der Waals surface area contributed by atoms with Crippen molar-refractivity contribution in [2.45, 2.75) is 20.2 Å². The van der Waals surface area contributed by atoms with E-state index in [9.17, 15) is 0 Å². The first-order valence-corrected chi connectivity index (χ1v) is 16.0. The van der Waals surface area contributed by atoms with Crippen LogP contribution >= 0.6 is 0 Å². The summed E-state index contributed by atoms with van der Waals surface area (Å²) in [7, 11) is 0. The standard InChI is InChI=1S/3C7H7.C3H6.Sn.H/c3*1-7-5-3-2-4-6-7;1-3-2;;/h3*2-6H,1H2;3H,1H2,2H3;;. The summed E-state index contributed by atoms with van der Waals surface area (Å²) < 4.78 is 4.02. The minimum absolute atomic E-state index is 1.34. The summed E-state index contributed by atoms with van der Waals surface area (Å²) in [5.41, 5.74) is 4.57. The number of rotatable bonds is 6. The average Bonchev–Trinajstić information content (AvgIpc) is 2.65. The van der Waals surface area contributed by atoms with Crippen LogP contribution in [0.1, 0.15) is 23.6 Å².